The van der Waals surface area contributed by atoms with Gasteiger partial charge in [-0.1, -0.05) is 13.3 Å². The van der Waals surface area contributed by atoms with Crippen molar-refractivity contribution in [1.82, 2.24) is 5.32 Å². The second-order valence-corrected chi connectivity index (χ2v) is 7.83. The van der Waals surface area contributed by atoms with Gasteiger partial charge in [0, 0.05) is 19.3 Å². The summed E-state index contributed by atoms with van der Waals surface area (Å²) in [5.74, 6) is 5.31. The van der Waals surface area contributed by atoms with Gasteiger partial charge in [0.1, 0.15) is 11.0 Å². The monoisotopic (exact) mass is 379 g/mol. The van der Waals surface area contributed by atoms with Crippen molar-refractivity contribution in [2.45, 2.75) is 91.2 Å². The van der Waals surface area contributed by atoms with Crippen molar-refractivity contribution in [3.63, 3.8) is 0 Å². The van der Waals surface area contributed by atoms with Gasteiger partial charge in [-0.25, -0.2) is 4.79 Å². The number of ketones is 1. The van der Waals surface area contributed by atoms with E-state index in [1.807, 2.05) is 0 Å². The number of carbonyl (C=O) groups excluding carboxylic acids is 3. The van der Waals surface area contributed by atoms with Gasteiger partial charge in [0.15, 0.2) is 5.78 Å². The quantitative estimate of drug-likeness (QED) is 0.315. The molecule has 0 saturated heterocycles. The third-order valence-corrected chi connectivity index (χ3v) is 4.48. The lowest BCUT2D eigenvalue weighted by atomic mass is 9.76. The lowest BCUT2D eigenvalue weighted by molar-refractivity contribution is -0.160. The minimum Gasteiger partial charge on any atom is -0.465 e. The van der Waals surface area contributed by atoms with E-state index in [2.05, 4.69) is 24.1 Å². The maximum Gasteiger partial charge on any atom is 0.407 e. The Morgan fingerprint density at radius 2 is 1.96 bits per heavy atom. The smallest absolute Gasteiger partial charge is 0.407 e. The molecular weight excluding hydrogens is 346 g/mol. The Morgan fingerprint density at radius 1 is 1.26 bits per heavy atom. The Balaban J connectivity index is 3.10. The first-order valence-corrected chi connectivity index (χ1v) is 9.83. The lowest BCUT2D eigenvalue weighted by Gasteiger charge is -2.34. The number of esters is 1. The van der Waals surface area contributed by atoms with E-state index in [1.165, 1.54) is 0 Å². The minimum atomic E-state index is -1.38. The van der Waals surface area contributed by atoms with Crippen LogP contribution < -0.4 is 5.32 Å². The van der Waals surface area contributed by atoms with E-state index in [-0.39, 0.29) is 18.8 Å². The molecule has 0 aromatic rings. The molecule has 6 nitrogen and oxygen atoms in total. The first-order chi connectivity index (χ1) is 12.7. The van der Waals surface area contributed by atoms with Crippen LogP contribution in [0.1, 0.15) is 79.6 Å². The van der Waals surface area contributed by atoms with Crippen LogP contribution in [0.15, 0.2) is 0 Å². The molecule has 27 heavy (non-hydrogen) atoms. The first-order valence-electron chi connectivity index (χ1n) is 9.83. The van der Waals surface area contributed by atoms with Gasteiger partial charge in [0.25, 0.3) is 0 Å². The largest absolute Gasteiger partial charge is 0.465 e. The summed E-state index contributed by atoms with van der Waals surface area (Å²) in [7, 11) is 0. The van der Waals surface area contributed by atoms with Crippen molar-refractivity contribution in [3.05, 3.63) is 0 Å². The second kappa shape index (κ2) is 10.3. The van der Waals surface area contributed by atoms with Gasteiger partial charge >= 0.3 is 12.1 Å². The van der Waals surface area contributed by atoms with Crippen LogP contribution in [0.3, 0.4) is 0 Å². The van der Waals surface area contributed by atoms with Crippen LogP contribution in [0.5, 0.6) is 0 Å². The second-order valence-electron chi connectivity index (χ2n) is 7.83. The molecule has 1 N–H and O–H groups in total. The summed E-state index contributed by atoms with van der Waals surface area (Å²) < 4.78 is 10.5. The Morgan fingerprint density at radius 3 is 2.48 bits per heavy atom. The van der Waals surface area contributed by atoms with Gasteiger partial charge in [0.2, 0.25) is 0 Å². The number of amides is 1. The summed E-state index contributed by atoms with van der Waals surface area (Å²) in [6.07, 6.45) is 3.55. The van der Waals surface area contributed by atoms with E-state index in [0.717, 1.165) is 19.3 Å². The molecule has 0 aromatic heterocycles. The highest BCUT2D eigenvalue weighted by atomic mass is 16.6. The van der Waals surface area contributed by atoms with E-state index in [4.69, 9.17) is 9.47 Å². The van der Waals surface area contributed by atoms with E-state index >= 15 is 0 Å². The van der Waals surface area contributed by atoms with Crippen molar-refractivity contribution >= 4 is 17.8 Å². The Hall–Kier alpha value is -2.03. The maximum atomic E-state index is 12.7. The van der Waals surface area contributed by atoms with Crippen molar-refractivity contribution in [1.29, 1.82) is 0 Å². The van der Waals surface area contributed by atoms with E-state index < -0.39 is 29.1 Å². The summed E-state index contributed by atoms with van der Waals surface area (Å²) in [4.78, 5) is 37.8. The minimum absolute atomic E-state index is 0.176. The Kier molecular flexibility index (Phi) is 8.81. The fourth-order valence-electron chi connectivity index (χ4n) is 3.20. The average Bonchev–Trinajstić information content (AvgIpc) is 2.94. The Labute approximate surface area is 162 Å². The molecule has 0 unspecified atom stereocenters. The topological polar surface area (TPSA) is 81.7 Å². The third-order valence-electron chi connectivity index (χ3n) is 4.48. The van der Waals surface area contributed by atoms with Gasteiger partial charge in [-0.2, -0.15) is 0 Å². The highest BCUT2D eigenvalue weighted by molar-refractivity contribution is 6.06. The number of nitrogens with one attached hydrogen (secondary N) is 1. The zero-order chi connectivity index (χ0) is 20.5. The third kappa shape index (κ3) is 6.57. The van der Waals surface area contributed by atoms with Crippen LogP contribution in [0.25, 0.3) is 0 Å². The molecule has 1 fully saturated rings. The molecule has 1 aliphatic carbocycles. The van der Waals surface area contributed by atoms with Crippen LogP contribution in [-0.2, 0) is 19.1 Å². The summed E-state index contributed by atoms with van der Waals surface area (Å²) in [6, 6.07) is -0.768. The van der Waals surface area contributed by atoms with Gasteiger partial charge in [-0.05, 0) is 47.0 Å². The fourth-order valence-corrected chi connectivity index (χ4v) is 3.20. The number of rotatable bonds is 7. The molecule has 1 saturated carbocycles. The summed E-state index contributed by atoms with van der Waals surface area (Å²) in [6.45, 7) is 9.23. The summed E-state index contributed by atoms with van der Waals surface area (Å²) >= 11 is 0. The van der Waals surface area contributed by atoms with E-state index in [1.54, 1.807) is 27.7 Å². The number of alkyl carbamates (subject to hydrolysis) is 1. The van der Waals surface area contributed by atoms with E-state index in [0.29, 0.717) is 19.3 Å². The highest BCUT2D eigenvalue weighted by Gasteiger charge is 2.55. The van der Waals surface area contributed by atoms with Crippen LogP contribution in [0.2, 0.25) is 0 Å². The van der Waals surface area contributed by atoms with Crippen molar-refractivity contribution in [2.24, 2.45) is 5.41 Å². The normalized spacial score (nSPS) is 20.4. The molecule has 0 aliphatic heterocycles. The van der Waals surface area contributed by atoms with Crippen LogP contribution in [0, 0.1) is 17.3 Å². The average molecular weight is 379 g/mol. The zero-order valence-corrected chi connectivity index (χ0v) is 17.3. The molecular formula is C21H33NO5. The molecule has 152 valence electrons. The predicted octanol–water partition coefficient (Wildman–Crippen LogP) is 3.77. The number of ether oxygens (including phenoxy) is 2. The van der Waals surface area contributed by atoms with E-state index in [9.17, 15) is 14.4 Å². The summed E-state index contributed by atoms with van der Waals surface area (Å²) in [5, 5.41) is 2.73. The van der Waals surface area contributed by atoms with Crippen LogP contribution >= 0.6 is 0 Å². The fraction of sp³-hybridized carbons (Fsp3) is 0.762. The predicted molar refractivity (Wildman–Crippen MR) is 103 cm³/mol. The molecule has 2 atom stereocenters. The lowest BCUT2D eigenvalue weighted by Crippen LogP contribution is -2.55. The van der Waals surface area contributed by atoms with Crippen molar-refractivity contribution in [2.75, 3.05) is 6.61 Å². The highest BCUT2D eigenvalue weighted by Crippen LogP contribution is 2.40. The maximum absolute atomic E-state index is 12.7. The Bertz CT molecular complexity index is 596. The van der Waals surface area contributed by atoms with Gasteiger partial charge in [-0.3, -0.25) is 9.59 Å². The van der Waals surface area contributed by atoms with Crippen LogP contribution in [0.4, 0.5) is 4.79 Å². The SMILES string of the molecule is CCCCC#CC[C@H](NC(=O)OC(C)(C)C)[C@@]1(C(=O)OCC)CCCC1=O. The molecule has 0 radical (unpaired) electrons. The molecule has 0 bridgehead atoms. The molecule has 0 aromatic carbocycles. The summed E-state index contributed by atoms with van der Waals surface area (Å²) in [5.41, 5.74) is -2.06. The number of hydrogen-bond acceptors (Lipinski definition) is 5. The molecule has 0 heterocycles. The standard InChI is InChI=1S/C21H33NO5/c1-6-8-9-10-11-13-16(22-19(25)27-20(3,4)5)21(18(24)26-7-2)15-12-14-17(21)23/h16H,6-9,12-15H2,1-5H3,(H,22,25)/t16-,21-/m0/s1. The van der Waals surface area contributed by atoms with Gasteiger partial charge in [-0.15, -0.1) is 11.8 Å². The number of unbranched alkanes of at least 4 members (excludes halogenated alkanes) is 2. The molecule has 1 amide bonds. The molecule has 1 rings (SSSR count). The first kappa shape index (κ1) is 23.0. The zero-order valence-electron chi connectivity index (χ0n) is 17.3. The van der Waals surface area contributed by atoms with Crippen molar-refractivity contribution < 1.29 is 23.9 Å². The number of hydrogen-bond donors (Lipinski definition) is 1. The van der Waals surface area contributed by atoms with Crippen LogP contribution in [-0.4, -0.2) is 36.1 Å². The number of carbonyl (C=O) groups is 3. The van der Waals surface area contributed by atoms with Gasteiger partial charge in [0.05, 0.1) is 12.6 Å². The van der Waals surface area contributed by atoms with Gasteiger partial charge < -0.3 is 14.8 Å². The van der Waals surface area contributed by atoms with Crippen molar-refractivity contribution in [3.8, 4) is 11.8 Å². The molecule has 6 heteroatoms. The number of Topliss-reactive ketones (excluding diaryl/α,β-unsaturated/α-hetero) is 1. The molecule has 0 spiro atoms. The molecule has 1 aliphatic rings.